The van der Waals surface area contributed by atoms with Gasteiger partial charge in [0.1, 0.15) is 5.75 Å². The highest BCUT2D eigenvalue weighted by molar-refractivity contribution is 9.10. The Hall–Kier alpha value is -1.05. The fourth-order valence-electron chi connectivity index (χ4n) is 2.98. The van der Waals surface area contributed by atoms with Crippen LogP contribution in [0.1, 0.15) is 50.2 Å². The number of ether oxygens (including phenoxy) is 1. The third kappa shape index (κ3) is 2.99. The average Bonchev–Trinajstić information content (AvgIpc) is 2.72. The highest BCUT2D eigenvalue weighted by Crippen LogP contribution is 2.45. The molecule has 2 rings (SSSR count). The van der Waals surface area contributed by atoms with E-state index < -0.39 is 11.5 Å². The lowest BCUT2D eigenvalue weighted by Gasteiger charge is -2.31. The van der Waals surface area contributed by atoms with Crippen LogP contribution < -0.4 is 4.74 Å². The molecule has 3 nitrogen and oxygen atoms in total. The largest absolute Gasteiger partial charge is 0.496 e. The number of hydrogen-bond acceptors (Lipinski definition) is 3. The monoisotopic (exact) mass is 337 g/mol. The van der Waals surface area contributed by atoms with Gasteiger partial charge in [0.25, 0.3) is 0 Å². The van der Waals surface area contributed by atoms with Crippen LogP contribution in [0.4, 0.5) is 0 Å². The predicted molar refractivity (Wildman–Crippen MR) is 81.4 cm³/mol. The minimum Gasteiger partial charge on any atom is -0.496 e. The third-order valence-electron chi connectivity index (χ3n) is 4.23. The topological polar surface area (TPSA) is 53.2 Å². The maximum Gasteiger partial charge on any atom is 0.133 e. The van der Waals surface area contributed by atoms with Crippen molar-refractivity contribution < 1.29 is 9.84 Å². The van der Waals surface area contributed by atoms with Gasteiger partial charge < -0.3 is 9.84 Å². The summed E-state index contributed by atoms with van der Waals surface area (Å²) in [4.78, 5) is 0. The normalized spacial score (nSPS) is 19.7. The van der Waals surface area contributed by atoms with Gasteiger partial charge in [0.2, 0.25) is 0 Å². The van der Waals surface area contributed by atoms with Crippen LogP contribution in [0.15, 0.2) is 22.7 Å². The molecular weight excluding hydrogens is 318 g/mol. The molecule has 0 radical (unpaired) electrons. The Bertz CT molecular complexity index is 502. The van der Waals surface area contributed by atoms with E-state index in [4.69, 9.17) is 4.74 Å². The molecule has 4 heteroatoms. The smallest absolute Gasteiger partial charge is 0.133 e. The molecule has 1 saturated carbocycles. The molecule has 1 atom stereocenters. The van der Waals surface area contributed by atoms with Crippen LogP contribution >= 0.6 is 15.9 Å². The molecular formula is C16H20BrNO2. The van der Waals surface area contributed by atoms with Gasteiger partial charge in [-0.05, 0) is 46.5 Å². The number of halogens is 1. The van der Waals surface area contributed by atoms with Gasteiger partial charge in [0, 0.05) is 0 Å². The summed E-state index contributed by atoms with van der Waals surface area (Å²) in [5.74, 6) is 0.729. The first-order valence-electron chi connectivity index (χ1n) is 7.06. The number of nitrogens with zero attached hydrogens (tertiary/aromatic N) is 1. The van der Waals surface area contributed by atoms with Gasteiger partial charge in [-0.2, -0.15) is 5.26 Å². The zero-order valence-corrected chi connectivity index (χ0v) is 13.3. The Balaban J connectivity index is 2.30. The van der Waals surface area contributed by atoms with E-state index in [0.29, 0.717) is 0 Å². The second-order valence-electron chi connectivity index (χ2n) is 5.48. The number of methoxy groups -OCH3 is 1. The molecule has 1 fully saturated rings. The minimum atomic E-state index is -0.743. The number of aliphatic hydroxyl groups excluding tert-OH is 1. The SMILES string of the molecule is COc1ccc(C(O)C2(C#N)CCCCCC2)cc1Br. The van der Waals surface area contributed by atoms with Crippen LogP contribution in [0, 0.1) is 16.7 Å². The van der Waals surface area contributed by atoms with Gasteiger partial charge in [-0.1, -0.05) is 31.7 Å². The number of hydrogen-bond donors (Lipinski definition) is 1. The number of nitriles is 1. The standard InChI is InChI=1S/C16H20BrNO2/c1-20-14-7-6-12(10-13(14)17)15(19)16(11-18)8-4-2-3-5-9-16/h6-7,10,15,19H,2-5,8-9H2,1H3. The summed E-state index contributed by atoms with van der Waals surface area (Å²) in [6.45, 7) is 0. The highest BCUT2D eigenvalue weighted by Gasteiger charge is 2.39. The van der Waals surface area contributed by atoms with Gasteiger partial charge in [-0.25, -0.2) is 0 Å². The quantitative estimate of drug-likeness (QED) is 0.834. The minimum absolute atomic E-state index is 0.648. The van der Waals surface area contributed by atoms with Gasteiger partial charge in [-0.3, -0.25) is 0 Å². The Kier molecular flexibility index (Phi) is 5.06. The zero-order valence-electron chi connectivity index (χ0n) is 11.7. The Morgan fingerprint density at radius 1 is 1.30 bits per heavy atom. The van der Waals surface area contributed by atoms with Crippen LogP contribution in [0.5, 0.6) is 5.75 Å². The number of rotatable bonds is 3. The van der Waals surface area contributed by atoms with E-state index in [1.807, 2.05) is 18.2 Å². The first-order valence-corrected chi connectivity index (χ1v) is 7.85. The lowest BCUT2D eigenvalue weighted by Crippen LogP contribution is -2.27. The fraction of sp³-hybridized carbons (Fsp3) is 0.562. The van der Waals surface area contributed by atoms with Crippen LogP contribution in [-0.2, 0) is 0 Å². The summed E-state index contributed by atoms with van der Waals surface area (Å²) in [6.07, 6.45) is 5.14. The van der Waals surface area contributed by atoms with Crippen LogP contribution in [0.25, 0.3) is 0 Å². The molecule has 1 N–H and O–H groups in total. The van der Waals surface area contributed by atoms with Gasteiger partial charge >= 0.3 is 0 Å². The molecule has 0 aliphatic heterocycles. The van der Waals surface area contributed by atoms with E-state index in [0.717, 1.165) is 54.3 Å². The van der Waals surface area contributed by atoms with E-state index in [2.05, 4.69) is 22.0 Å². The van der Waals surface area contributed by atoms with Crippen molar-refractivity contribution in [2.75, 3.05) is 7.11 Å². The predicted octanol–water partition coefficient (Wildman–Crippen LogP) is 4.36. The van der Waals surface area contributed by atoms with Crippen molar-refractivity contribution in [2.45, 2.75) is 44.6 Å². The summed E-state index contributed by atoms with van der Waals surface area (Å²) in [5.41, 5.74) is 0.131. The summed E-state index contributed by atoms with van der Waals surface area (Å²) in [5, 5.41) is 20.3. The Morgan fingerprint density at radius 3 is 2.45 bits per heavy atom. The molecule has 0 amide bonds. The summed E-state index contributed by atoms with van der Waals surface area (Å²) in [7, 11) is 1.61. The second kappa shape index (κ2) is 6.60. The molecule has 1 unspecified atom stereocenters. The molecule has 1 aliphatic rings. The maximum absolute atomic E-state index is 10.7. The first kappa shape index (κ1) is 15.3. The molecule has 0 saturated heterocycles. The van der Waals surface area contributed by atoms with E-state index >= 15 is 0 Å². The van der Waals surface area contributed by atoms with Gasteiger partial charge in [0.15, 0.2) is 0 Å². The summed E-state index contributed by atoms with van der Waals surface area (Å²) in [6, 6.07) is 7.93. The molecule has 0 bridgehead atoms. The second-order valence-corrected chi connectivity index (χ2v) is 6.33. The maximum atomic E-state index is 10.7. The van der Waals surface area contributed by atoms with E-state index in [9.17, 15) is 10.4 Å². The Labute approximate surface area is 128 Å². The van der Waals surface area contributed by atoms with Crippen molar-refractivity contribution in [1.29, 1.82) is 5.26 Å². The molecule has 1 aliphatic carbocycles. The Morgan fingerprint density at radius 2 is 1.95 bits per heavy atom. The molecule has 108 valence electrons. The van der Waals surface area contributed by atoms with E-state index in [1.54, 1.807) is 7.11 Å². The lowest BCUT2D eigenvalue weighted by atomic mass is 9.74. The average molecular weight is 338 g/mol. The van der Waals surface area contributed by atoms with Crippen molar-refractivity contribution in [1.82, 2.24) is 0 Å². The van der Waals surface area contributed by atoms with Crippen LogP contribution in [0.2, 0.25) is 0 Å². The van der Waals surface area contributed by atoms with Crippen LogP contribution in [0.3, 0.4) is 0 Å². The summed E-state index contributed by atoms with van der Waals surface area (Å²) >= 11 is 3.44. The lowest BCUT2D eigenvalue weighted by molar-refractivity contribution is 0.0515. The van der Waals surface area contributed by atoms with Crippen molar-refractivity contribution in [2.24, 2.45) is 5.41 Å². The molecule has 20 heavy (non-hydrogen) atoms. The van der Waals surface area contributed by atoms with Crippen molar-refractivity contribution in [3.63, 3.8) is 0 Å². The molecule has 0 spiro atoms. The molecule has 1 aromatic rings. The van der Waals surface area contributed by atoms with Crippen molar-refractivity contribution >= 4 is 15.9 Å². The van der Waals surface area contributed by atoms with E-state index in [1.165, 1.54) is 0 Å². The van der Waals surface area contributed by atoms with E-state index in [-0.39, 0.29) is 0 Å². The van der Waals surface area contributed by atoms with Crippen LogP contribution in [-0.4, -0.2) is 12.2 Å². The first-order chi connectivity index (χ1) is 9.63. The number of aliphatic hydroxyl groups is 1. The molecule has 0 heterocycles. The molecule has 1 aromatic carbocycles. The number of benzene rings is 1. The van der Waals surface area contributed by atoms with Gasteiger partial charge in [-0.15, -0.1) is 0 Å². The van der Waals surface area contributed by atoms with Gasteiger partial charge in [0.05, 0.1) is 29.2 Å². The van der Waals surface area contributed by atoms with Crippen molar-refractivity contribution in [3.05, 3.63) is 28.2 Å². The third-order valence-corrected chi connectivity index (χ3v) is 4.85. The zero-order chi connectivity index (χ0) is 14.6. The fourth-order valence-corrected chi connectivity index (χ4v) is 3.54. The molecule has 0 aromatic heterocycles. The summed E-state index contributed by atoms with van der Waals surface area (Å²) < 4.78 is 6.01. The van der Waals surface area contributed by atoms with Crippen molar-refractivity contribution in [3.8, 4) is 11.8 Å². The highest BCUT2D eigenvalue weighted by atomic mass is 79.9.